The first-order valence-electron chi connectivity index (χ1n) is 7.69. The number of tetrazole rings is 1. The van der Waals surface area contributed by atoms with Gasteiger partial charge < -0.3 is 14.7 Å². The van der Waals surface area contributed by atoms with E-state index < -0.39 is 11.6 Å². The number of carboxylic acid groups (broad SMARTS) is 1. The van der Waals surface area contributed by atoms with Gasteiger partial charge in [0, 0.05) is 19.6 Å². The molecule has 1 aromatic heterocycles. The second-order valence-electron chi connectivity index (χ2n) is 6.76. The van der Waals surface area contributed by atoms with Crippen molar-refractivity contribution in [2.75, 3.05) is 13.1 Å². The predicted molar refractivity (Wildman–Crippen MR) is 79.7 cm³/mol. The van der Waals surface area contributed by atoms with Crippen LogP contribution in [-0.4, -0.2) is 61.0 Å². The van der Waals surface area contributed by atoms with E-state index in [2.05, 4.69) is 15.5 Å². The molecule has 1 fully saturated rings. The first-order chi connectivity index (χ1) is 10.7. The minimum absolute atomic E-state index is 0.191. The fourth-order valence-corrected chi connectivity index (χ4v) is 2.50. The fraction of sp³-hybridized carbons (Fsp3) is 0.786. The van der Waals surface area contributed by atoms with Gasteiger partial charge >= 0.3 is 12.1 Å². The van der Waals surface area contributed by atoms with E-state index in [1.807, 2.05) is 20.8 Å². The summed E-state index contributed by atoms with van der Waals surface area (Å²) >= 11 is 0. The smallest absolute Gasteiger partial charge is 0.410 e. The van der Waals surface area contributed by atoms with Crippen LogP contribution in [-0.2, 0) is 22.5 Å². The van der Waals surface area contributed by atoms with Gasteiger partial charge in [0.1, 0.15) is 12.0 Å². The van der Waals surface area contributed by atoms with Crippen molar-refractivity contribution in [3.05, 3.63) is 5.82 Å². The van der Waals surface area contributed by atoms with Crippen molar-refractivity contribution in [1.29, 1.82) is 0 Å². The van der Waals surface area contributed by atoms with Crippen LogP contribution in [0.25, 0.3) is 0 Å². The maximum Gasteiger partial charge on any atom is 0.410 e. The Kier molecular flexibility index (Phi) is 5.17. The molecule has 1 aromatic rings. The highest BCUT2D eigenvalue weighted by atomic mass is 16.6. The lowest BCUT2D eigenvalue weighted by atomic mass is 9.97. The Bertz CT molecular complexity index is 558. The van der Waals surface area contributed by atoms with Crippen molar-refractivity contribution in [1.82, 2.24) is 25.1 Å². The lowest BCUT2D eigenvalue weighted by molar-refractivity contribution is -0.136. The highest BCUT2D eigenvalue weighted by Crippen LogP contribution is 2.21. The van der Waals surface area contributed by atoms with E-state index in [1.54, 1.807) is 9.58 Å². The first kappa shape index (κ1) is 17.2. The highest BCUT2D eigenvalue weighted by molar-refractivity contribution is 5.69. The molecule has 0 aliphatic carbocycles. The van der Waals surface area contributed by atoms with Crippen LogP contribution in [0.3, 0.4) is 0 Å². The van der Waals surface area contributed by atoms with Gasteiger partial charge in [-0.1, -0.05) is 0 Å². The number of aromatic nitrogens is 4. The molecule has 9 nitrogen and oxygen atoms in total. The zero-order valence-electron chi connectivity index (χ0n) is 13.7. The monoisotopic (exact) mass is 325 g/mol. The van der Waals surface area contributed by atoms with E-state index in [4.69, 9.17) is 9.84 Å². The molecular formula is C14H23N5O4. The van der Waals surface area contributed by atoms with Gasteiger partial charge in [-0.15, -0.1) is 5.10 Å². The topological polar surface area (TPSA) is 110 Å². The first-order valence-corrected chi connectivity index (χ1v) is 7.69. The molecule has 0 radical (unpaired) electrons. The summed E-state index contributed by atoms with van der Waals surface area (Å²) in [6.45, 7) is 7.35. The minimum Gasteiger partial charge on any atom is -0.481 e. The van der Waals surface area contributed by atoms with Crippen molar-refractivity contribution >= 4 is 12.1 Å². The highest BCUT2D eigenvalue weighted by Gasteiger charge is 2.27. The molecule has 0 saturated carbocycles. The van der Waals surface area contributed by atoms with E-state index in [9.17, 15) is 9.59 Å². The van der Waals surface area contributed by atoms with Crippen molar-refractivity contribution in [2.45, 2.75) is 52.2 Å². The number of carbonyl (C=O) groups excluding carboxylic acids is 1. The summed E-state index contributed by atoms with van der Waals surface area (Å²) in [4.78, 5) is 24.5. The Hall–Kier alpha value is -2.19. The van der Waals surface area contributed by atoms with Gasteiger partial charge in [0.15, 0.2) is 5.82 Å². The summed E-state index contributed by atoms with van der Waals surface area (Å²) in [6.07, 6.45) is 1.14. The number of carboxylic acids is 1. The van der Waals surface area contributed by atoms with Crippen LogP contribution in [0.4, 0.5) is 4.79 Å². The number of carbonyl (C=O) groups is 2. The van der Waals surface area contributed by atoms with Gasteiger partial charge in [0.25, 0.3) is 0 Å². The van der Waals surface area contributed by atoms with Gasteiger partial charge in [0.2, 0.25) is 0 Å². The van der Waals surface area contributed by atoms with Gasteiger partial charge in [-0.2, -0.15) is 0 Å². The number of aliphatic carboxylic acids is 1. The number of rotatable bonds is 4. The SMILES string of the molecule is CC(C)(C)OC(=O)N1CCC(Cn2nnnc2CC(=O)O)CC1. The average molecular weight is 325 g/mol. The molecule has 0 unspecified atom stereocenters. The zero-order chi connectivity index (χ0) is 17.0. The lowest BCUT2D eigenvalue weighted by Gasteiger charge is -2.33. The molecule has 1 aliphatic rings. The minimum atomic E-state index is -0.958. The second kappa shape index (κ2) is 6.93. The standard InChI is InChI=1S/C14H23N5O4/c1-14(2,3)23-13(22)18-6-4-10(5-7-18)9-19-11(8-12(20)21)15-16-17-19/h10H,4-9H2,1-3H3,(H,20,21). The van der Waals surface area contributed by atoms with Crippen molar-refractivity contribution < 1.29 is 19.4 Å². The molecule has 2 heterocycles. The van der Waals surface area contributed by atoms with E-state index in [1.165, 1.54) is 0 Å². The largest absolute Gasteiger partial charge is 0.481 e. The quantitative estimate of drug-likeness (QED) is 0.877. The molecule has 1 aliphatic heterocycles. The number of piperidine rings is 1. The Labute approximate surface area is 134 Å². The van der Waals surface area contributed by atoms with Crippen LogP contribution in [0.1, 0.15) is 39.4 Å². The predicted octanol–water partition coefficient (Wildman–Crippen LogP) is 0.947. The van der Waals surface area contributed by atoms with E-state index in [-0.39, 0.29) is 12.5 Å². The number of ether oxygens (including phenoxy) is 1. The summed E-state index contributed by atoms with van der Waals surface area (Å²) in [6, 6.07) is 0. The van der Waals surface area contributed by atoms with E-state index >= 15 is 0 Å². The molecule has 0 atom stereocenters. The van der Waals surface area contributed by atoms with Crippen LogP contribution in [0.5, 0.6) is 0 Å². The Morgan fingerprint density at radius 2 is 1.96 bits per heavy atom. The third-order valence-electron chi connectivity index (χ3n) is 3.61. The summed E-state index contributed by atoms with van der Waals surface area (Å²) < 4.78 is 6.91. The van der Waals surface area contributed by atoms with Crippen molar-refractivity contribution in [3.63, 3.8) is 0 Å². The zero-order valence-corrected chi connectivity index (χ0v) is 13.7. The van der Waals surface area contributed by atoms with Gasteiger partial charge in [0.05, 0.1) is 0 Å². The Morgan fingerprint density at radius 3 is 2.52 bits per heavy atom. The van der Waals surface area contributed by atoms with Crippen LogP contribution in [0.15, 0.2) is 0 Å². The molecule has 1 saturated heterocycles. The third-order valence-corrected chi connectivity index (χ3v) is 3.61. The van der Waals surface area contributed by atoms with E-state index in [0.29, 0.717) is 31.4 Å². The number of hydrogen-bond acceptors (Lipinski definition) is 6. The summed E-state index contributed by atoms with van der Waals surface area (Å²) in [5, 5.41) is 20.0. The maximum atomic E-state index is 12.0. The van der Waals surface area contributed by atoms with Crippen LogP contribution in [0.2, 0.25) is 0 Å². The third kappa shape index (κ3) is 5.19. The molecule has 2 rings (SSSR count). The Morgan fingerprint density at radius 1 is 1.30 bits per heavy atom. The molecule has 9 heteroatoms. The van der Waals surface area contributed by atoms with Crippen molar-refractivity contribution in [2.24, 2.45) is 5.92 Å². The molecule has 1 N–H and O–H groups in total. The number of hydrogen-bond donors (Lipinski definition) is 1. The summed E-state index contributed by atoms with van der Waals surface area (Å²) in [5.41, 5.74) is -0.494. The molecule has 23 heavy (non-hydrogen) atoms. The normalized spacial score (nSPS) is 16.4. The summed E-state index contributed by atoms with van der Waals surface area (Å²) in [5.74, 6) is -0.294. The summed E-state index contributed by atoms with van der Waals surface area (Å²) in [7, 11) is 0. The Balaban J connectivity index is 1.84. The number of nitrogens with zero attached hydrogens (tertiary/aromatic N) is 5. The van der Waals surface area contributed by atoms with Crippen LogP contribution < -0.4 is 0 Å². The second-order valence-corrected chi connectivity index (χ2v) is 6.76. The van der Waals surface area contributed by atoms with Crippen LogP contribution in [0, 0.1) is 5.92 Å². The number of likely N-dealkylation sites (tertiary alicyclic amines) is 1. The van der Waals surface area contributed by atoms with Gasteiger partial charge in [-0.25, -0.2) is 9.48 Å². The molecule has 0 spiro atoms. The average Bonchev–Trinajstić information content (AvgIpc) is 2.84. The molecule has 0 bridgehead atoms. The van der Waals surface area contributed by atoms with Crippen molar-refractivity contribution in [3.8, 4) is 0 Å². The molecule has 1 amide bonds. The van der Waals surface area contributed by atoms with Gasteiger partial charge in [-0.05, 0) is 50.0 Å². The van der Waals surface area contributed by atoms with Crippen LogP contribution >= 0.6 is 0 Å². The molecule has 0 aromatic carbocycles. The van der Waals surface area contributed by atoms with E-state index in [0.717, 1.165) is 12.8 Å². The molecular weight excluding hydrogens is 302 g/mol. The number of amides is 1. The van der Waals surface area contributed by atoms with Gasteiger partial charge in [-0.3, -0.25) is 4.79 Å². The fourth-order valence-electron chi connectivity index (χ4n) is 2.50. The maximum absolute atomic E-state index is 12.0. The lowest BCUT2D eigenvalue weighted by Crippen LogP contribution is -2.42. The molecule has 128 valence electrons.